The van der Waals surface area contributed by atoms with Gasteiger partial charge in [0.15, 0.2) is 0 Å². The Hall–Kier alpha value is -1.88. The van der Waals surface area contributed by atoms with Crippen molar-refractivity contribution in [3.63, 3.8) is 0 Å². The number of anilines is 1. The minimum absolute atomic E-state index is 0.0310. The number of hydrogen-bond acceptors (Lipinski definition) is 3. The van der Waals surface area contributed by atoms with Gasteiger partial charge in [0.1, 0.15) is 0 Å². The monoisotopic (exact) mass is 329 g/mol. The molecule has 130 valence electrons. The van der Waals surface area contributed by atoms with E-state index < -0.39 is 0 Å². The maximum Gasteiger partial charge on any atom is 0.243 e. The molecule has 2 amide bonds. The van der Waals surface area contributed by atoms with Crippen molar-refractivity contribution in [1.29, 1.82) is 0 Å². The highest BCUT2D eigenvalue weighted by Crippen LogP contribution is 2.33. The SMILES string of the molecule is Cc1ccc(NC(=O)CN(C)C(=O)C2CC3CCCCC3N2)cc1. The zero-order valence-corrected chi connectivity index (χ0v) is 14.5. The topological polar surface area (TPSA) is 61.4 Å². The van der Waals surface area contributed by atoms with Crippen molar-refractivity contribution in [2.45, 2.75) is 51.1 Å². The molecule has 1 aliphatic carbocycles. The van der Waals surface area contributed by atoms with Gasteiger partial charge >= 0.3 is 0 Å². The van der Waals surface area contributed by atoms with Gasteiger partial charge in [-0.15, -0.1) is 0 Å². The number of fused-ring (bicyclic) bond motifs is 1. The minimum Gasteiger partial charge on any atom is -0.335 e. The molecular formula is C19H27N3O2. The Labute approximate surface area is 143 Å². The molecule has 1 heterocycles. The fourth-order valence-corrected chi connectivity index (χ4v) is 3.91. The van der Waals surface area contributed by atoms with E-state index in [2.05, 4.69) is 10.6 Å². The van der Waals surface area contributed by atoms with E-state index in [9.17, 15) is 9.59 Å². The molecule has 3 atom stereocenters. The predicted molar refractivity (Wildman–Crippen MR) is 94.7 cm³/mol. The smallest absolute Gasteiger partial charge is 0.243 e. The van der Waals surface area contributed by atoms with E-state index in [-0.39, 0.29) is 24.4 Å². The molecule has 2 fully saturated rings. The van der Waals surface area contributed by atoms with Crippen LogP contribution < -0.4 is 10.6 Å². The van der Waals surface area contributed by atoms with Gasteiger partial charge in [-0.25, -0.2) is 0 Å². The Balaban J connectivity index is 1.50. The number of nitrogens with one attached hydrogen (secondary N) is 2. The molecular weight excluding hydrogens is 302 g/mol. The third-order valence-electron chi connectivity index (χ3n) is 5.25. The summed E-state index contributed by atoms with van der Waals surface area (Å²) in [6, 6.07) is 8.01. The van der Waals surface area contributed by atoms with E-state index in [1.165, 1.54) is 25.7 Å². The third-order valence-corrected chi connectivity index (χ3v) is 5.25. The lowest BCUT2D eigenvalue weighted by molar-refractivity contribution is -0.134. The van der Waals surface area contributed by atoms with Crippen molar-refractivity contribution >= 4 is 17.5 Å². The van der Waals surface area contributed by atoms with Crippen LogP contribution in [0.4, 0.5) is 5.69 Å². The number of carbonyl (C=O) groups excluding carboxylic acids is 2. The number of carbonyl (C=O) groups is 2. The lowest BCUT2D eigenvalue weighted by atomic mass is 9.85. The van der Waals surface area contributed by atoms with Gasteiger partial charge in [0.05, 0.1) is 12.6 Å². The van der Waals surface area contributed by atoms with Crippen LogP contribution in [0, 0.1) is 12.8 Å². The first-order valence-electron chi connectivity index (χ1n) is 8.90. The molecule has 1 saturated heterocycles. The second kappa shape index (κ2) is 7.34. The van der Waals surface area contributed by atoms with E-state index in [0.717, 1.165) is 17.7 Å². The highest BCUT2D eigenvalue weighted by molar-refractivity contribution is 5.95. The molecule has 0 bridgehead atoms. The van der Waals surface area contributed by atoms with Gasteiger partial charge in [-0.3, -0.25) is 9.59 Å². The van der Waals surface area contributed by atoms with Crippen LogP contribution in [0.2, 0.25) is 0 Å². The molecule has 1 aromatic carbocycles. The quantitative estimate of drug-likeness (QED) is 0.891. The summed E-state index contributed by atoms with van der Waals surface area (Å²) < 4.78 is 0. The van der Waals surface area contributed by atoms with Gasteiger partial charge in [0.2, 0.25) is 11.8 Å². The van der Waals surface area contributed by atoms with Crippen LogP contribution in [0.3, 0.4) is 0 Å². The van der Waals surface area contributed by atoms with Crippen LogP contribution in [0.5, 0.6) is 0 Å². The van der Waals surface area contributed by atoms with Crippen molar-refractivity contribution in [3.05, 3.63) is 29.8 Å². The van der Waals surface area contributed by atoms with Gasteiger partial charge < -0.3 is 15.5 Å². The van der Waals surface area contributed by atoms with Crippen LogP contribution in [0.25, 0.3) is 0 Å². The number of likely N-dealkylation sites (N-methyl/N-ethyl adjacent to an activating group) is 1. The molecule has 3 rings (SSSR count). The van der Waals surface area contributed by atoms with Gasteiger partial charge in [-0.1, -0.05) is 30.5 Å². The van der Waals surface area contributed by atoms with Crippen molar-refractivity contribution in [2.24, 2.45) is 5.92 Å². The van der Waals surface area contributed by atoms with Crippen LogP contribution in [-0.4, -0.2) is 42.4 Å². The van der Waals surface area contributed by atoms with Crippen molar-refractivity contribution in [2.75, 3.05) is 18.9 Å². The van der Waals surface area contributed by atoms with E-state index in [1.807, 2.05) is 31.2 Å². The summed E-state index contributed by atoms with van der Waals surface area (Å²) >= 11 is 0. The molecule has 3 unspecified atom stereocenters. The third kappa shape index (κ3) is 3.96. The zero-order chi connectivity index (χ0) is 17.1. The summed E-state index contributed by atoms with van der Waals surface area (Å²) in [6.07, 6.45) is 5.83. The molecule has 0 aromatic heterocycles. The number of amides is 2. The molecule has 1 aliphatic heterocycles. The number of nitrogens with zero attached hydrogens (tertiary/aromatic N) is 1. The first kappa shape index (κ1) is 17.0. The van der Waals surface area contributed by atoms with Gasteiger partial charge in [-0.2, -0.15) is 0 Å². The lowest BCUT2D eigenvalue weighted by Crippen LogP contribution is -2.46. The number of benzene rings is 1. The van der Waals surface area contributed by atoms with Crippen molar-refractivity contribution in [1.82, 2.24) is 10.2 Å². The fourth-order valence-electron chi connectivity index (χ4n) is 3.91. The average molecular weight is 329 g/mol. The normalized spacial score (nSPS) is 25.8. The molecule has 0 radical (unpaired) electrons. The Bertz CT molecular complexity index is 585. The lowest BCUT2D eigenvalue weighted by Gasteiger charge is -2.24. The van der Waals surface area contributed by atoms with Gasteiger partial charge in [-0.05, 0) is 44.2 Å². The van der Waals surface area contributed by atoms with E-state index >= 15 is 0 Å². The van der Waals surface area contributed by atoms with Gasteiger partial charge in [0.25, 0.3) is 0 Å². The molecule has 24 heavy (non-hydrogen) atoms. The second-order valence-corrected chi connectivity index (χ2v) is 7.21. The summed E-state index contributed by atoms with van der Waals surface area (Å²) in [7, 11) is 1.71. The summed E-state index contributed by atoms with van der Waals surface area (Å²) in [5.74, 6) is 0.496. The van der Waals surface area contributed by atoms with E-state index in [4.69, 9.17) is 0 Å². The van der Waals surface area contributed by atoms with Crippen LogP contribution in [-0.2, 0) is 9.59 Å². The Kier molecular flexibility index (Phi) is 5.19. The maximum atomic E-state index is 12.6. The highest BCUT2D eigenvalue weighted by atomic mass is 16.2. The van der Waals surface area contributed by atoms with Crippen molar-refractivity contribution < 1.29 is 9.59 Å². The molecule has 2 N–H and O–H groups in total. The summed E-state index contributed by atoms with van der Waals surface area (Å²) in [5.41, 5.74) is 1.91. The Morgan fingerprint density at radius 1 is 1.21 bits per heavy atom. The molecule has 1 aromatic rings. The molecule has 0 spiro atoms. The van der Waals surface area contributed by atoms with Crippen LogP contribution >= 0.6 is 0 Å². The Morgan fingerprint density at radius 2 is 1.92 bits per heavy atom. The van der Waals surface area contributed by atoms with Crippen LogP contribution in [0.1, 0.15) is 37.7 Å². The summed E-state index contributed by atoms with van der Waals surface area (Å²) in [6.45, 7) is 2.09. The van der Waals surface area contributed by atoms with Gasteiger partial charge in [0, 0.05) is 18.8 Å². The molecule has 1 saturated carbocycles. The number of hydrogen-bond donors (Lipinski definition) is 2. The van der Waals surface area contributed by atoms with E-state index in [0.29, 0.717) is 12.0 Å². The zero-order valence-electron chi connectivity index (χ0n) is 14.5. The fraction of sp³-hybridized carbons (Fsp3) is 0.579. The first-order valence-corrected chi connectivity index (χ1v) is 8.90. The minimum atomic E-state index is -0.162. The molecule has 5 heteroatoms. The maximum absolute atomic E-state index is 12.6. The predicted octanol–water partition coefficient (Wildman–Crippen LogP) is 2.31. The highest BCUT2D eigenvalue weighted by Gasteiger charge is 2.39. The largest absolute Gasteiger partial charge is 0.335 e. The number of rotatable bonds is 4. The average Bonchev–Trinajstić information content (AvgIpc) is 3.00. The summed E-state index contributed by atoms with van der Waals surface area (Å²) in [5, 5.41) is 6.32. The standard InChI is InChI=1S/C19H27N3O2/c1-13-7-9-15(10-8-13)20-18(23)12-22(2)19(24)17-11-14-5-3-4-6-16(14)21-17/h7-10,14,16-17,21H,3-6,11-12H2,1-2H3,(H,20,23). The van der Waals surface area contributed by atoms with Crippen LogP contribution in [0.15, 0.2) is 24.3 Å². The second-order valence-electron chi connectivity index (χ2n) is 7.21. The van der Waals surface area contributed by atoms with E-state index in [1.54, 1.807) is 11.9 Å². The summed E-state index contributed by atoms with van der Waals surface area (Å²) in [4.78, 5) is 26.3. The molecule has 2 aliphatic rings. The molecule has 5 nitrogen and oxygen atoms in total. The van der Waals surface area contributed by atoms with Crippen molar-refractivity contribution in [3.8, 4) is 0 Å². The first-order chi connectivity index (χ1) is 11.5. The Morgan fingerprint density at radius 3 is 2.62 bits per heavy atom. The number of aryl methyl sites for hydroxylation is 1.